The number of hydrogen-bond donors (Lipinski definition) is 1. The first-order valence-electron chi connectivity index (χ1n) is 10.2. The highest BCUT2D eigenvalue weighted by atomic mass is 15.2. The van der Waals surface area contributed by atoms with Gasteiger partial charge in [-0.2, -0.15) is 0 Å². The van der Waals surface area contributed by atoms with Gasteiger partial charge in [0.1, 0.15) is 0 Å². The van der Waals surface area contributed by atoms with Crippen LogP contribution in [0.4, 0.5) is 0 Å². The van der Waals surface area contributed by atoms with E-state index in [2.05, 4.69) is 56.1 Å². The van der Waals surface area contributed by atoms with Crippen LogP contribution >= 0.6 is 0 Å². The third kappa shape index (κ3) is 4.73. The molecule has 2 fully saturated rings. The summed E-state index contributed by atoms with van der Waals surface area (Å²) in [5, 5.41) is 3.92. The van der Waals surface area contributed by atoms with Crippen LogP contribution in [-0.2, 0) is 0 Å². The summed E-state index contributed by atoms with van der Waals surface area (Å²) >= 11 is 0. The van der Waals surface area contributed by atoms with Gasteiger partial charge < -0.3 is 5.32 Å². The number of nitrogens with zero attached hydrogens (tertiary/aromatic N) is 1. The number of rotatable bonds is 5. The second-order valence-electron chi connectivity index (χ2n) is 10.00. The van der Waals surface area contributed by atoms with E-state index >= 15 is 0 Å². The summed E-state index contributed by atoms with van der Waals surface area (Å²) in [6, 6.07) is 0.692. The van der Waals surface area contributed by atoms with E-state index in [9.17, 15) is 0 Å². The Balaban J connectivity index is 1.41. The number of allylic oxidation sites excluding steroid dienone is 2. The average Bonchev–Trinajstić information content (AvgIpc) is 2.51. The summed E-state index contributed by atoms with van der Waals surface area (Å²) in [5.74, 6) is 0.914. The van der Waals surface area contributed by atoms with Crippen LogP contribution in [0.2, 0.25) is 0 Å². The predicted octanol–water partition coefficient (Wildman–Crippen LogP) is 4.78. The van der Waals surface area contributed by atoms with Crippen LogP contribution < -0.4 is 5.32 Å². The predicted molar refractivity (Wildman–Crippen MR) is 104 cm³/mol. The first-order chi connectivity index (χ1) is 11.3. The van der Waals surface area contributed by atoms with Gasteiger partial charge in [0.25, 0.3) is 0 Å². The monoisotopic (exact) mass is 330 g/mol. The molecule has 136 valence electrons. The first kappa shape index (κ1) is 18.2. The molecule has 0 aromatic carbocycles. The molecule has 3 aliphatic rings. The van der Waals surface area contributed by atoms with Crippen LogP contribution in [-0.4, -0.2) is 37.1 Å². The van der Waals surface area contributed by atoms with Crippen molar-refractivity contribution < 1.29 is 0 Å². The minimum atomic E-state index is 0.488. The summed E-state index contributed by atoms with van der Waals surface area (Å²) in [6.07, 6.45) is 15.0. The zero-order chi connectivity index (χ0) is 17.2. The van der Waals surface area contributed by atoms with Gasteiger partial charge in [0.05, 0.1) is 0 Å². The Labute approximate surface area is 149 Å². The molecule has 1 saturated carbocycles. The van der Waals surface area contributed by atoms with Crippen LogP contribution in [0.5, 0.6) is 0 Å². The standard InChI is InChI=1S/C22H38N2/c1-21(2,3)19-13-22(4,14-19)17-23-20-11-8-12-24(16-20)15-18-9-6-5-7-10-18/h6,9-10,19-20,23H,5,7-8,11-17H2,1-4H3. The Morgan fingerprint density at radius 2 is 2.04 bits per heavy atom. The number of likely N-dealkylation sites (tertiary alicyclic amines) is 1. The van der Waals surface area contributed by atoms with E-state index in [-0.39, 0.29) is 0 Å². The normalized spacial score (nSPS) is 34.8. The topological polar surface area (TPSA) is 15.3 Å². The molecule has 0 aromatic heterocycles. The number of hydrogen-bond acceptors (Lipinski definition) is 2. The summed E-state index contributed by atoms with van der Waals surface area (Å²) < 4.78 is 0. The van der Waals surface area contributed by atoms with E-state index in [1.165, 1.54) is 63.7 Å². The lowest BCUT2D eigenvalue weighted by Gasteiger charge is -2.52. The molecule has 3 rings (SSSR count). The third-order valence-corrected chi connectivity index (χ3v) is 6.50. The largest absolute Gasteiger partial charge is 0.312 e. The van der Waals surface area contributed by atoms with E-state index < -0.39 is 0 Å². The highest BCUT2D eigenvalue weighted by molar-refractivity contribution is 5.23. The molecule has 24 heavy (non-hydrogen) atoms. The number of piperidine rings is 1. The van der Waals surface area contributed by atoms with Gasteiger partial charge in [-0.25, -0.2) is 0 Å². The maximum atomic E-state index is 3.92. The molecule has 0 spiro atoms. The Hall–Kier alpha value is -0.600. The molecule has 2 nitrogen and oxygen atoms in total. The second kappa shape index (κ2) is 7.33. The van der Waals surface area contributed by atoms with Gasteiger partial charge in [-0.3, -0.25) is 4.90 Å². The maximum absolute atomic E-state index is 3.92. The fourth-order valence-electron chi connectivity index (χ4n) is 4.69. The molecule has 1 aliphatic heterocycles. The van der Waals surface area contributed by atoms with Crippen LogP contribution in [0, 0.1) is 16.7 Å². The van der Waals surface area contributed by atoms with Crippen LogP contribution in [0.3, 0.4) is 0 Å². The molecule has 1 unspecified atom stereocenters. The fourth-order valence-corrected chi connectivity index (χ4v) is 4.69. The minimum Gasteiger partial charge on any atom is -0.312 e. The van der Waals surface area contributed by atoms with Gasteiger partial charge in [-0.05, 0) is 67.4 Å². The van der Waals surface area contributed by atoms with Gasteiger partial charge in [-0.15, -0.1) is 0 Å². The smallest absolute Gasteiger partial charge is 0.0231 e. The van der Waals surface area contributed by atoms with Crippen molar-refractivity contribution in [2.24, 2.45) is 16.7 Å². The Morgan fingerprint density at radius 1 is 1.25 bits per heavy atom. The molecule has 1 heterocycles. The molecule has 0 bridgehead atoms. The SMILES string of the molecule is CC1(CNC2CCCN(CC3=CCCC=C3)C2)CC(C(C)(C)C)C1. The lowest BCUT2D eigenvalue weighted by Crippen LogP contribution is -2.52. The summed E-state index contributed by atoms with van der Waals surface area (Å²) in [7, 11) is 0. The Kier molecular flexibility index (Phi) is 5.56. The highest BCUT2D eigenvalue weighted by Crippen LogP contribution is 2.52. The molecular weight excluding hydrogens is 292 g/mol. The highest BCUT2D eigenvalue weighted by Gasteiger charge is 2.45. The lowest BCUT2D eigenvalue weighted by atomic mass is 9.55. The Morgan fingerprint density at radius 3 is 2.71 bits per heavy atom. The van der Waals surface area contributed by atoms with Gasteiger partial charge >= 0.3 is 0 Å². The zero-order valence-electron chi connectivity index (χ0n) is 16.4. The molecule has 1 saturated heterocycles. The first-order valence-corrected chi connectivity index (χ1v) is 10.2. The average molecular weight is 331 g/mol. The van der Waals surface area contributed by atoms with Crippen LogP contribution in [0.25, 0.3) is 0 Å². The third-order valence-electron chi connectivity index (χ3n) is 6.50. The molecule has 1 atom stereocenters. The summed E-state index contributed by atoms with van der Waals surface area (Å²) in [4.78, 5) is 2.66. The molecular formula is C22H38N2. The molecule has 0 radical (unpaired) electrons. The van der Waals surface area contributed by atoms with Crippen molar-refractivity contribution in [3.63, 3.8) is 0 Å². The quantitative estimate of drug-likeness (QED) is 0.780. The molecule has 2 heteroatoms. The van der Waals surface area contributed by atoms with Gasteiger partial charge in [0, 0.05) is 25.7 Å². The van der Waals surface area contributed by atoms with Gasteiger partial charge in [0.2, 0.25) is 0 Å². The van der Waals surface area contributed by atoms with E-state index in [0.717, 1.165) is 12.5 Å². The lowest BCUT2D eigenvalue weighted by molar-refractivity contribution is -0.00214. The maximum Gasteiger partial charge on any atom is 0.0231 e. The van der Waals surface area contributed by atoms with Gasteiger partial charge in [0.15, 0.2) is 0 Å². The molecule has 2 aliphatic carbocycles. The summed E-state index contributed by atoms with van der Waals surface area (Å²) in [6.45, 7) is 14.5. The van der Waals surface area contributed by atoms with Crippen molar-refractivity contribution in [1.29, 1.82) is 0 Å². The van der Waals surface area contributed by atoms with Crippen molar-refractivity contribution in [3.8, 4) is 0 Å². The van der Waals surface area contributed by atoms with E-state index in [0.29, 0.717) is 16.9 Å². The minimum absolute atomic E-state index is 0.488. The zero-order valence-corrected chi connectivity index (χ0v) is 16.4. The Bertz CT molecular complexity index is 477. The van der Waals surface area contributed by atoms with E-state index in [1.807, 2.05) is 0 Å². The van der Waals surface area contributed by atoms with Crippen LogP contribution in [0.15, 0.2) is 23.8 Å². The summed E-state index contributed by atoms with van der Waals surface area (Å²) in [5.41, 5.74) is 2.55. The fraction of sp³-hybridized carbons (Fsp3) is 0.818. The molecule has 0 amide bonds. The number of nitrogens with one attached hydrogen (secondary N) is 1. The van der Waals surface area contributed by atoms with Crippen molar-refractivity contribution in [3.05, 3.63) is 23.8 Å². The molecule has 1 N–H and O–H groups in total. The van der Waals surface area contributed by atoms with Crippen molar-refractivity contribution in [1.82, 2.24) is 10.2 Å². The van der Waals surface area contributed by atoms with Crippen LogP contribution in [0.1, 0.15) is 66.2 Å². The van der Waals surface area contributed by atoms with Crippen molar-refractivity contribution in [2.45, 2.75) is 72.3 Å². The van der Waals surface area contributed by atoms with Gasteiger partial charge in [-0.1, -0.05) is 45.9 Å². The van der Waals surface area contributed by atoms with Crippen molar-refractivity contribution >= 4 is 0 Å². The van der Waals surface area contributed by atoms with Crippen molar-refractivity contribution in [2.75, 3.05) is 26.2 Å². The molecule has 0 aromatic rings. The van der Waals surface area contributed by atoms with E-state index in [1.54, 1.807) is 0 Å². The van der Waals surface area contributed by atoms with E-state index in [4.69, 9.17) is 0 Å². The second-order valence-corrected chi connectivity index (χ2v) is 10.00.